The highest BCUT2D eigenvalue weighted by Gasteiger charge is 2.08. The normalized spacial score (nSPS) is 11.1. The highest BCUT2D eigenvalue weighted by molar-refractivity contribution is 5.98. The van der Waals surface area contributed by atoms with Gasteiger partial charge in [0.2, 0.25) is 0 Å². The first kappa shape index (κ1) is 22.0. The summed E-state index contributed by atoms with van der Waals surface area (Å²) in [7, 11) is 0. The molecule has 0 aliphatic carbocycles. The minimum atomic E-state index is 0.663. The van der Waals surface area contributed by atoms with Crippen molar-refractivity contribution < 1.29 is 0 Å². The molecule has 2 nitrogen and oxygen atoms in total. The lowest BCUT2D eigenvalue weighted by molar-refractivity contribution is 1.41. The summed E-state index contributed by atoms with van der Waals surface area (Å²) in [5.74, 6) is 0. The smallest absolute Gasteiger partial charge is 0.187 e. The molecule has 0 N–H and O–H groups in total. The van der Waals surface area contributed by atoms with Crippen LogP contribution in [0.3, 0.4) is 0 Å². The average Bonchev–Trinajstić information content (AvgIpc) is 2.99. The molecule has 0 aliphatic rings. The van der Waals surface area contributed by atoms with Crippen LogP contribution in [-0.4, -0.2) is 4.98 Å². The summed E-state index contributed by atoms with van der Waals surface area (Å²) in [5, 5.41) is 6.03. The van der Waals surface area contributed by atoms with Gasteiger partial charge in [0.25, 0.3) is 0 Å². The van der Waals surface area contributed by atoms with E-state index in [9.17, 15) is 0 Å². The molecule has 6 aromatic carbocycles. The van der Waals surface area contributed by atoms with E-state index in [-0.39, 0.29) is 0 Å². The Labute approximate surface area is 221 Å². The molecule has 0 amide bonds. The molecule has 0 unspecified atom stereocenters. The van der Waals surface area contributed by atoms with Gasteiger partial charge in [-0.15, -0.1) is 0 Å². The summed E-state index contributed by atoms with van der Waals surface area (Å²) in [6, 6.07) is 44.8. The Balaban J connectivity index is 1.26. The number of aromatic nitrogens is 1. The molecule has 38 heavy (non-hydrogen) atoms. The van der Waals surface area contributed by atoms with Crippen molar-refractivity contribution in [3.63, 3.8) is 0 Å². The van der Waals surface area contributed by atoms with Crippen molar-refractivity contribution >= 4 is 38.1 Å². The van der Waals surface area contributed by atoms with Gasteiger partial charge in [-0.05, 0) is 91.3 Å². The summed E-state index contributed by atoms with van der Waals surface area (Å²) in [5.41, 5.74) is 8.76. The first-order chi connectivity index (χ1) is 18.7. The minimum absolute atomic E-state index is 0.663. The molecule has 7 rings (SSSR count). The van der Waals surface area contributed by atoms with Gasteiger partial charge in [0.05, 0.1) is 12.1 Å². The molecule has 0 radical (unpaired) electrons. The average molecular weight is 483 g/mol. The van der Waals surface area contributed by atoms with Gasteiger partial charge in [0.1, 0.15) is 0 Å². The van der Waals surface area contributed by atoms with Crippen LogP contribution in [0.5, 0.6) is 0 Å². The van der Waals surface area contributed by atoms with Crippen LogP contribution >= 0.6 is 0 Å². The molecule has 1 heterocycles. The van der Waals surface area contributed by atoms with Crippen molar-refractivity contribution in [2.24, 2.45) is 0 Å². The van der Waals surface area contributed by atoms with Crippen LogP contribution in [0.1, 0.15) is 0 Å². The monoisotopic (exact) mass is 482 g/mol. The number of nitrogens with zero attached hydrogens (tertiary/aromatic N) is 2. The van der Waals surface area contributed by atoms with Gasteiger partial charge < -0.3 is 0 Å². The number of fused-ring (bicyclic) bond motifs is 3. The van der Waals surface area contributed by atoms with E-state index in [2.05, 4.69) is 107 Å². The molecule has 176 valence electrons. The van der Waals surface area contributed by atoms with Gasteiger partial charge >= 0.3 is 0 Å². The SMILES string of the molecule is [C-]#[N+]c1ccc(-c2ccc3cc(-c4ccc5ccc(-c6ccnc7ccccc67)cc5c4)ccc3c2)cc1. The molecule has 0 saturated carbocycles. The molecule has 7 aromatic rings. The zero-order chi connectivity index (χ0) is 25.5. The van der Waals surface area contributed by atoms with E-state index in [0.717, 1.165) is 16.6 Å². The zero-order valence-corrected chi connectivity index (χ0v) is 20.6. The Bertz CT molecular complexity index is 2020. The molecule has 0 spiro atoms. The maximum Gasteiger partial charge on any atom is 0.187 e. The van der Waals surface area contributed by atoms with Crippen molar-refractivity contribution in [1.29, 1.82) is 0 Å². The standard InChI is InChI=1S/C36H22N2/c1-37-33-16-14-24(15-17-33)26-9-10-28-21-29(12-11-27(28)20-26)30-8-6-25-7-13-31(23-32(25)22-30)34-18-19-38-36-5-3-2-4-35(34)36/h2-23H. The molecule has 0 aliphatic heterocycles. The lowest BCUT2D eigenvalue weighted by atomic mass is 9.95. The van der Waals surface area contributed by atoms with Gasteiger partial charge in [-0.3, -0.25) is 4.98 Å². The van der Waals surface area contributed by atoms with Crippen LogP contribution in [0.2, 0.25) is 0 Å². The van der Waals surface area contributed by atoms with Crippen molar-refractivity contribution in [2.75, 3.05) is 0 Å². The van der Waals surface area contributed by atoms with E-state index in [4.69, 9.17) is 6.57 Å². The predicted octanol–water partition coefficient (Wildman–Crippen LogP) is 10.1. The van der Waals surface area contributed by atoms with Gasteiger partial charge in [0.15, 0.2) is 5.69 Å². The third-order valence-electron chi connectivity index (χ3n) is 7.30. The molecular weight excluding hydrogens is 460 g/mol. The predicted molar refractivity (Wildman–Crippen MR) is 159 cm³/mol. The third kappa shape index (κ3) is 3.88. The summed E-state index contributed by atoms with van der Waals surface area (Å²) < 4.78 is 0. The fourth-order valence-electron chi connectivity index (χ4n) is 5.27. The highest BCUT2D eigenvalue weighted by atomic mass is 14.6. The van der Waals surface area contributed by atoms with Crippen LogP contribution in [-0.2, 0) is 0 Å². The summed E-state index contributed by atoms with van der Waals surface area (Å²) in [4.78, 5) is 8.02. The van der Waals surface area contributed by atoms with E-state index in [1.165, 1.54) is 49.2 Å². The summed E-state index contributed by atoms with van der Waals surface area (Å²) >= 11 is 0. The third-order valence-corrected chi connectivity index (χ3v) is 7.30. The van der Waals surface area contributed by atoms with Gasteiger partial charge in [-0.25, -0.2) is 4.85 Å². The first-order valence-electron chi connectivity index (χ1n) is 12.7. The summed E-state index contributed by atoms with van der Waals surface area (Å²) in [6.45, 7) is 7.16. The Morgan fingerprint density at radius 1 is 0.474 bits per heavy atom. The Morgan fingerprint density at radius 3 is 1.74 bits per heavy atom. The Morgan fingerprint density at radius 2 is 1.03 bits per heavy atom. The number of rotatable bonds is 3. The highest BCUT2D eigenvalue weighted by Crippen LogP contribution is 2.33. The number of benzene rings is 6. The molecule has 0 saturated heterocycles. The molecule has 0 atom stereocenters. The second kappa shape index (κ2) is 9.00. The first-order valence-corrected chi connectivity index (χ1v) is 12.7. The largest absolute Gasteiger partial charge is 0.256 e. The van der Waals surface area contributed by atoms with Crippen molar-refractivity contribution in [1.82, 2.24) is 4.98 Å². The zero-order valence-electron chi connectivity index (χ0n) is 20.6. The molecule has 1 aromatic heterocycles. The fraction of sp³-hybridized carbons (Fsp3) is 0. The van der Waals surface area contributed by atoms with Crippen LogP contribution in [0.25, 0.3) is 70.7 Å². The number of hydrogen-bond acceptors (Lipinski definition) is 1. The second-order valence-corrected chi connectivity index (χ2v) is 9.59. The molecule has 2 heteroatoms. The van der Waals surface area contributed by atoms with E-state index in [0.29, 0.717) is 5.69 Å². The Hall–Kier alpha value is -5.26. The number of para-hydroxylation sites is 1. The van der Waals surface area contributed by atoms with Crippen LogP contribution in [0.15, 0.2) is 134 Å². The quantitative estimate of drug-likeness (QED) is 0.229. The van der Waals surface area contributed by atoms with E-state index >= 15 is 0 Å². The van der Waals surface area contributed by atoms with Gasteiger partial charge in [-0.2, -0.15) is 0 Å². The van der Waals surface area contributed by atoms with Gasteiger partial charge in [0, 0.05) is 11.6 Å². The molecule has 0 bridgehead atoms. The second-order valence-electron chi connectivity index (χ2n) is 9.59. The van der Waals surface area contributed by atoms with E-state index < -0.39 is 0 Å². The summed E-state index contributed by atoms with van der Waals surface area (Å²) in [6.07, 6.45) is 1.89. The van der Waals surface area contributed by atoms with Crippen LogP contribution in [0, 0.1) is 6.57 Å². The maximum atomic E-state index is 7.16. The maximum absolute atomic E-state index is 7.16. The van der Waals surface area contributed by atoms with Crippen LogP contribution < -0.4 is 0 Å². The Kier molecular flexibility index (Phi) is 5.20. The van der Waals surface area contributed by atoms with Crippen molar-refractivity contribution in [3.05, 3.63) is 145 Å². The van der Waals surface area contributed by atoms with Crippen LogP contribution in [0.4, 0.5) is 5.69 Å². The topological polar surface area (TPSA) is 17.2 Å². The number of hydrogen-bond donors (Lipinski definition) is 0. The minimum Gasteiger partial charge on any atom is -0.256 e. The number of pyridine rings is 1. The molecular formula is C36H22N2. The van der Waals surface area contributed by atoms with E-state index in [1.54, 1.807) is 0 Å². The van der Waals surface area contributed by atoms with Crippen molar-refractivity contribution in [2.45, 2.75) is 0 Å². The van der Waals surface area contributed by atoms with E-state index in [1.807, 2.05) is 36.5 Å². The fourth-order valence-corrected chi connectivity index (χ4v) is 5.27. The lowest BCUT2D eigenvalue weighted by Gasteiger charge is -2.10. The lowest BCUT2D eigenvalue weighted by Crippen LogP contribution is -1.85. The molecule has 0 fully saturated rings. The van der Waals surface area contributed by atoms with Gasteiger partial charge in [-0.1, -0.05) is 91.0 Å². The van der Waals surface area contributed by atoms with Crippen molar-refractivity contribution in [3.8, 4) is 33.4 Å².